The van der Waals surface area contributed by atoms with Gasteiger partial charge in [-0.1, -0.05) is 11.6 Å². The number of carboxylic acids is 1. The number of carbonyl (C=O) groups is 1. The molecule has 0 saturated carbocycles. The van der Waals surface area contributed by atoms with Crippen molar-refractivity contribution in [2.45, 2.75) is 0 Å². The van der Waals surface area contributed by atoms with Gasteiger partial charge in [-0.15, -0.1) is 0 Å². The van der Waals surface area contributed by atoms with Gasteiger partial charge < -0.3 is 15.9 Å². The van der Waals surface area contributed by atoms with E-state index in [-0.39, 0.29) is 40.7 Å². The molecule has 0 aliphatic heterocycles. The Hall–Kier alpha value is -1.58. The summed E-state index contributed by atoms with van der Waals surface area (Å²) in [6.07, 6.45) is 4.58. The molecule has 0 radical (unpaired) electrons. The third-order valence-corrected chi connectivity index (χ3v) is 2.22. The Labute approximate surface area is 126 Å². The van der Waals surface area contributed by atoms with Gasteiger partial charge in [0.15, 0.2) is 0 Å². The van der Waals surface area contributed by atoms with Crippen molar-refractivity contribution in [1.82, 2.24) is 9.97 Å². The van der Waals surface area contributed by atoms with Crippen molar-refractivity contribution in [1.29, 1.82) is 0 Å². The fourth-order valence-electron chi connectivity index (χ4n) is 1.28. The Bertz CT molecular complexity index is 554. The molecule has 0 bridgehead atoms. The zero-order chi connectivity index (χ0) is 12.3. The van der Waals surface area contributed by atoms with Gasteiger partial charge in [0.1, 0.15) is 11.4 Å². The summed E-state index contributed by atoms with van der Waals surface area (Å²) in [5.74, 6) is -0.860. The van der Waals surface area contributed by atoms with Gasteiger partial charge in [0.05, 0.1) is 16.9 Å². The van der Waals surface area contributed by atoms with Gasteiger partial charge in [-0.3, -0.25) is 4.98 Å². The smallest absolute Gasteiger partial charge is 0.870 e. The maximum Gasteiger partial charge on any atom is 1.00 e. The summed E-state index contributed by atoms with van der Waals surface area (Å²) in [6, 6.07) is 4.84. The summed E-state index contributed by atoms with van der Waals surface area (Å²) in [4.78, 5) is 18.9. The average molecular weight is 274 g/mol. The van der Waals surface area contributed by atoms with Crippen LogP contribution in [0.15, 0.2) is 36.8 Å². The second kappa shape index (κ2) is 7.77. The van der Waals surface area contributed by atoms with Crippen molar-refractivity contribution in [3.05, 3.63) is 47.4 Å². The first-order chi connectivity index (χ1) is 8.16. The zero-order valence-corrected chi connectivity index (χ0v) is 10.8. The van der Waals surface area contributed by atoms with Crippen LogP contribution in [0.5, 0.6) is 0 Å². The van der Waals surface area contributed by atoms with E-state index in [9.17, 15) is 4.79 Å². The molecule has 94 valence electrons. The molecule has 0 aromatic carbocycles. The number of hydrogen-bond donors (Lipinski definition) is 2. The van der Waals surface area contributed by atoms with Gasteiger partial charge in [0, 0.05) is 12.4 Å². The van der Waals surface area contributed by atoms with E-state index >= 15 is 0 Å². The Morgan fingerprint density at radius 3 is 2.68 bits per heavy atom. The fraction of sp³-hybridized carbons (Fsp3) is 0. The second-order valence-corrected chi connectivity index (χ2v) is 3.66. The van der Waals surface area contributed by atoms with Crippen molar-refractivity contribution in [3.8, 4) is 0 Å². The van der Waals surface area contributed by atoms with Gasteiger partial charge in [0.25, 0.3) is 0 Å². The molecule has 0 aliphatic rings. The molecule has 6 nitrogen and oxygen atoms in total. The van der Waals surface area contributed by atoms with E-state index in [0.29, 0.717) is 5.69 Å². The first-order valence-corrected chi connectivity index (χ1v) is 5.10. The molecule has 0 aliphatic carbocycles. The number of anilines is 2. The number of nitrogens with zero attached hydrogens (tertiary/aromatic N) is 2. The minimum atomic E-state index is -1.09. The minimum absolute atomic E-state index is 0. The molecule has 0 saturated heterocycles. The summed E-state index contributed by atoms with van der Waals surface area (Å²) in [5, 5.41) is 12.2. The SMILES string of the molecule is O=C(O)c1cc(Cl)cnc1Nc1cccnc1.[Li+].[OH-]. The molecule has 2 rings (SSSR count). The van der Waals surface area contributed by atoms with Gasteiger partial charge in [-0.2, -0.15) is 0 Å². The normalized spacial score (nSPS) is 8.89. The number of pyridine rings is 2. The van der Waals surface area contributed by atoms with Crippen molar-refractivity contribution in [2.24, 2.45) is 0 Å². The van der Waals surface area contributed by atoms with E-state index in [1.54, 1.807) is 24.5 Å². The van der Waals surface area contributed by atoms with Crippen molar-refractivity contribution >= 4 is 29.1 Å². The largest absolute Gasteiger partial charge is 1.00 e. The van der Waals surface area contributed by atoms with Crippen molar-refractivity contribution in [3.63, 3.8) is 0 Å². The molecule has 8 heteroatoms. The predicted molar refractivity (Wildman–Crippen MR) is 65.7 cm³/mol. The molecular formula is C11H9ClLiN3O3. The number of hydrogen-bond acceptors (Lipinski definition) is 5. The monoisotopic (exact) mass is 273 g/mol. The first-order valence-electron chi connectivity index (χ1n) is 4.72. The van der Waals surface area contributed by atoms with E-state index in [0.717, 1.165) is 0 Å². The van der Waals surface area contributed by atoms with Crippen LogP contribution in [0.1, 0.15) is 10.4 Å². The number of nitrogens with one attached hydrogen (secondary N) is 1. The van der Waals surface area contributed by atoms with Gasteiger partial charge in [0.2, 0.25) is 0 Å². The van der Waals surface area contributed by atoms with E-state index in [1.807, 2.05) is 0 Å². The summed E-state index contributed by atoms with van der Waals surface area (Å²) < 4.78 is 0. The van der Waals surface area contributed by atoms with Crippen LogP contribution in [0, 0.1) is 0 Å². The molecule has 3 N–H and O–H groups in total. The maximum atomic E-state index is 11.0. The molecule has 19 heavy (non-hydrogen) atoms. The molecule has 0 spiro atoms. The van der Waals surface area contributed by atoms with Crippen molar-refractivity contribution in [2.75, 3.05) is 5.32 Å². The quantitative estimate of drug-likeness (QED) is 0.724. The summed E-state index contributed by atoms with van der Waals surface area (Å²) in [7, 11) is 0. The molecule has 0 fully saturated rings. The van der Waals surface area contributed by atoms with Crippen LogP contribution in [-0.4, -0.2) is 26.5 Å². The van der Waals surface area contributed by atoms with Crippen LogP contribution in [-0.2, 0) is 0 Å². The van der Waals surface area contributed by atoms with Crippen LogP contribution in [0.4, 0.5) is 11.5 Å². The molecular weight excluding hydrogens is 265 g/mol. The van der Waals surface area contributed by atoms with Gasteiger partial charge in [-0.25, -0.2) is 9.78 Å². The van der Waals surface area contributed by atoms with Gasteiger partial charge in [-0.05, 0) is 18.2 Å². The number of halogens is 1. The molecule has 2 heterocycles. The molecule has 0 amide bonds. The van der Waals surface area contributed by atoms with Crippen LogP contribution >= 0.6 is 11.6 Å². The molecule has 2 aromatic rings. The zero-order valence-electron chi connectivity index (χ0n) is 10.0. The van der Waals surface area contributed by atoms with E-state index in [1.165, 1.54) is 12.3 Å². The van der Waals surface area contributed by atoms with Crippen LogP contribution in [0.25, 0.3) is 0 Å². The van der Waals surface area contributed by atoms with E-state index < -0.39 is 5.97 Å². The summed E-state index contributed by atoms with van der Waals surface area (Å²) in [5.41, 5.74) is 0.672. The number of aromatic carboxylic acids is 1. The molecule has 2 aromatic heterocycles. The van der Waals surface area contributed by atoms with Crippen LogP contribution in [0.2, 0.25) is 5.02 Å². The topological polar surface area (TPSA) is 105 Å². The minimum Gasteiger partial charge on any atom is -0.870 e. The maximum absolute atomic E-state index is 11.0. The summed E-state index contributed by atoms with van der Waals surface area (Å²) >= 11 is 5.70. The summed E-state index contributed by atoms with van der Waals surface area (Å²) in [6.45, 7) is 0. The Kier molecular flexibility index (Phi) is 7.12. The number of carboxylic acid groups (broad SMARTS) is 1. The molecule has 0 atom stereocenters. The first kappa shape index (κ1) is 17.4. The number of rotatable bonds is 3. The van der Waals surface area contributed by atoms with Crippen LogP contribution < -0.4 is 24.2 Å². The molecule has 0 unspecified atom stereocenters. The van der Waals surface area contributed by atoms with Crippen molar-refractivity contribution < 1.29 is 34.2 Å². The Balaban J connectivity index is 0.00000162. The van der Waals surface area contributed by atoms with E-state index in [4.69, 9.17) is 16.7 Å². The third-order valence-electron chi connectivity index (χ3n) is 2.01. The van der Waals surface area contributed by atoms with E-state index in [2.05, 4.69) is 15.3 Å². The predicted octanol–water partition coefficient (Wildman–Crippen LogP) is -0.601. The fourth-order valence-corrected chi connectivity index (χ4v) is 1.43. The third kappa shape index (κ3) is 4.54. The Morgan fingerprint density at radius 1 is 1.37 bits per heavy atom. The van der Waals surface area contributed by atoms with Gasteiger partial charge >= 0.3 is 24.8 Å². The standard InChI is InChI=1S/C11H8ClN3O2.Li.H2O/c12-7-4-9(11(16)17)10(14-5-7)15-8-2-1-3-13-6-8;;/h1-6H,(H,14,15)(H,16,17);;1H2/q;+1;/p-1. The number of aromatic nitrogens is 2. The second-order valence-electron chi connectivity index (χ2n) is 3.22. The Morgan fingerprint density at radius 2 is 2.11 bits per heavy atom. The van der Waals surface area contributed by atoms with Crippen LogP contribution in [0.3, 0.4) is 0 Å². The average Bonchev–Trinajstić information content (AvgIpc) is 2.32.